The van der Waals surface area contributed by atoms with E-state index in [1.165, 1.54) is 0 Å². The van der Waals surface area contributed by atoms with Gasteiger partial charge in [-0.2, -0.15) is 0 Å². The first-order valence-corrected chi connectivity index (χ1v) is 5.58. The van der Waals surface area contributed by atoms with Gasteiger partial charge in [-0.05, 0) is 11.8 Å². The fourth-order valence-electron chi connectivity index (χ4n) is 1.96. The van der Waals surface area contributed by atoms with Gasteiger partial charge in [-0.15, -0.1) is 0 Å². The molecular formula is C11H24N2O. The zero-order valence-corrected chi connectivity index (χ0v) is 9.71. The van der Waals surface area contributed by atoms with E-state index in [4.69, 9.17) is 0 Å². The molecule has 0 aliphatic carbocycles. The van der Waals surface area contributed by atoms with Crippen LogP contribution in [0.4, 0.5) is 0 Å². The van der Waals surface area contributed by atoms with Gasteiger partial charge in [-0.1, -0.05) is 20.8 Å². The molecule has 0 bridgehead atoms. The van der Waals surface area contributed by atoms with Crippen molar-refractivity contribution in [2.75, 3.05) is 32.7 Å². The van der Waals surface area contributed by atoms with Crippen LogP contribution in [0.5, 0.6) is 0 Å². The first-order chi connectivity index (χ1) is 6.47. The molecule has 0 aromatic heterocycles. The van der Waals surface area contributed by atoms with Crippen LogP contribution >= 0.6 is 0 Å². The van der Waals surface area contributed by atoms with E-state index < -0.39 is 0 Å². The Morgan fingerprint density at radius 2 is 1.86 bits per heavy atom. The van der Waals surface area contributed by atoms with Crippen LogP contribution in [0.25, 0.3) is 0 Å². The summed E-state index contributed by atoms with van der Waals surface area (Å²) in [5.41, 5.74) is 0.230. The number of aliphatic hydroxyl groups is 1. The second kappa shape index (κ2) is 5.10. The molecule has 0 aromatic rings. The molecule has 1 aliphatic heterocycles. The standard InChI is InChI=1S/C11H24N2O/c1-11(2,3)8-10(14)9-13-6-4-12-5-7-13/h10,12,14H,4-9H2,1-3H3. The number of β-amino-alcohol motifs (C(OH)–C–C–N with tert-alkyl or cyclic N) is 1. The minimum absolute atomic E-state index is 0.173. The summed E-state index contributed by atoms with van der Waals surface area (Å²) in [6.45, 7) is 11.6. The molecule has 3 heteroatoms. The number of rotatable bonds is 3. The highest BCUT2D eigenvalue weighted by Crippen LogP contribution is 2.21. The topological polar surface area (TPSA) is 35.5 Å². The molecule has 0 saturated carbocycles. The van der Waals surface area contributed by atoms with Crippen molar-refractivity contribution in [2.24, 2.45) is 5.41 Å². The average Bonchev–Trinajstić information content (AvgIpc) is 2.02. The largest absolute Gasteiger partial charge is 0.392 e. The van der Waals surface area contributed by atoms with Crippen molar-refractivity contribution in [3.63, 3.8) is 0 Å². The van der Waals surface area contributed by atoms with E-state index in [9.17, 15) is 5.11 Å². The lowest BCUT2D eigenvalue weighted by Gasteiger charge is -2.31. The molecule has 1 rings (SSSR count). The van der Waals surface area contributed by atoms with Crippen LogP contribution < -0.4 is 5.32 Å². The maximum absolute atomic E-state index is 9.87. The molecule has 1 unspecified atom stereocenters. The third-order valence-corrected chi connectivity index (χ3v) is 2.53. The van der Waals surface area contributed by atoms with Gasteiger partial charge < -0.3 is 10.4 Å². The van der Waals surface area contributed by atoms with Crippen molar-refractivity contribution in [3.8, 4) is 0 Å². The van der Waals surface area contributed by atoms with Crippen LogP contribution in [0.3, 0.4) is 0 Å². The van der Waals surface area contributed by atoms with Crippen LogP contribution in [0.1, 0.15) is 27.2 Å². The predicted octanol–water partition coefficient (Wildman–Crippen LogP) is 0.689. The Bertz CT molecular complexity index is 159. The highest BCUT2D eigenvalue weighted by Gasteiger charge is 2.19. The van der Waals surface area contributed by atoms with E-state index in [0.717, 1.165) is 39.1 Å². The second-order valence-electron chi connectivity index (χ2n) is 5.47. The highest BCUT2D eigenvalue weighted by molar-refractivity contribution is 4.74. The van der Waals surface area contributed by atoms with Gasteiger partial charge in [-0.3, -0.25) is 4.90 Å². The molecule has 1 atom stereocenters. The SMILES string of the molecule is CC(C)(C)CC(O)CN1CCNCC1. The maximum atomic E-state index is 9.87. The van der Waals surface area contributed by atoms with Crippen LogP contribution in [0, 0.1) is 5.41 Å². The molecule has 14 heavy (non-hydrogen) atoms. The van der Waals surface area contributed by atoms with Crippen molar-refractivity contribution in [1.29, 1.82) is 0 Å². The number of nitrogens with zero attached hydrogens (tertiary/aromatic N) is 1. The summed E-state index contributed by atoms with van der Waals surface area (Å²) in [5.74, 6) is 0. The van der Waals surface area contributed by atoms with Crippen LogP contribution in [0.2, 0.25) is 0 Å². The Morgan fingerprint density at radius 3 is 2.36 bits per heavy atom. The lowest BCUT2D eigenvalue weighted by atomic mass is 9.89. The lowest BCUT2D eigenvalue weighted by molar-refractivity contribution is 0.0721. The summed E-state index contributed by atoms with van der Waals surface area (Å²) >= 11 is 0. The summed E-state index contributed by atoms with van der Waals surface area (Å²) in [6.07, 6.45) is 0.713. The predicted molar refractivity (Wildman–Crippen MR) is 59.4 cm³/mol. The summed E-state index contributed by atoms with van der Waals surface area (Å²) < 4.78 is 0. The summed E-state index contributed by atoms with van der Waals surface area (Å²) in [4.78, 5) is 2.34. The van der Waals surface area contributed by atoms with Crippen molar-refractivity contribution in [2.45, 2.75) is 33.3 Å². The first-order valence-electron chi connectivity index (χ1n) is 5.58. The zero-order chi connectivity index (χ0) is 10.6. The molecule has 0 amide bonds. The molecule has 1 heterocycles. The van der Waals surface area contributed by atoms with E-state index >= 15 is 0 Å². The minimum atomic E-state index is -0.173. The molecule has 1 saturated heterocycles. The maximum Gasteiger partial charge on any atom is 0.0672 e. The quantitative estimate of drug-likeness (QED) is 0.703. The number of hydrogen-bond donors (Lipinski definition) is 2. The monoisotopic (exact) mass is 200 g/mol. The van der Waals surface area contributed by atoms with Gasteiger partial charge in [0.25, 0.3) is 0 Å². The number of hydrogen-bond acceptors (Lipinski definition) is 3. The second-order valence-corrected chi connectivity index (χ2v) is 5.47. The van der Waals surface area contributed by atoms with Crippen LogP contribution in [-0.4, -0.2) is 48.8 Å². The normalized spacial score (nSPS) is 22.3. The first kappa shape index (κ1) is 12.0. The molecule has 1 aliphatic rings. The summed E-state index contributed by atoms with van der Waals surface area (Å²) in [6, 6.07) is 0. The molecular weight excluding hydrogens is 176 g/mol. The Hall–Kier alpha value is -0.120. The van der Waals surface area contributed by atoms with Gasteiger partial charge in [-0.25, -0.2) is 0 Å². The Morgan fingerprint density at radius 1 is 1.29 bits per heavy atom. The molecule has 0 spiro atoms. The zero-order valence-electron chi connectivity index (χ0n) is 9.71. The van der Waals surface area contributed by atoms with Gasteiger partial charge in [0.15, 0.2) is 0 Å². The molecule has 1 fully saturated rings. The Labute approximate surface area is 87.5 Å². The van der Waals surface area contributed by atoms with Gasteiger partial charge in [0.2, 0.25) is 0 Å². The fourth-order valence-corrected chi connectivity index (χ4v) is 1.96. The van der Waals surface area contributed by atoms with Gasteiger partial charge in [0.05, 0.1) is 6.10 Å². The molecule has 3 nitrogen and oxygen atoms in total. The number of piperazine rings is 1. The number of nitrogens with one attached hydrogen (secondary N) is 1. The fraction of sp³-hybridized carbons (Fsp3) is 1.00. The van der Waals surface area contributed by atoms with E-state index in [0.29, 0.717) is 0 Å². The van der Waals surface area contributed by atoms with Crippen LogP contribution in [-0.2, 0) is 0 Å². The van der Waals surface area contributed by atoms with Gasteiger partial charge in [0.1, 0.15) is 0 Å². The smallest absolute Gasteiger partial charge is 0.0672 e. The van der Waals surface area contributed by atoms with Crippen molar-refractivity contribution in [1.82, 2.24) is 10.2 Å². The molecule has 2 N–H and O–H groups in total. The molecule has 0 radical (unpaired) electrons. The van der Waals surface area contributed by atoms with E-state index in [-0.39, 0.29) is 11.5 Å². The molecule has 84 valence electrons. The van der Waals surface area contributed by atoms with Gasteiger partial charge >= 0.3 is 0 Å². The Balaban J connectivity index is 2.21. The minimum Gasteiger partial charge on any atom is -0.392 e. The van der Waals surface area contributed by atoms with Crippen molar-refractivity contribution in [3.05, 3.63) is 0 Å². The van der Waals surface area contributed by atoms with Crippen molar-refractivity contribution >= 4 is 0 Å². The van der Waals surface area contributed by atoms with E-state index in [1.807, 2.05) is 0 Å². The summed E-state index contributed by atoms with van der Waals surface area (Å²) in [5, 5.41) is 13.2. The third kappa shape index (κ3) is 4.94. The Kier molecular flexibility index (Phi) is 4.35. The molecule has 0 aromatic carbocycles. The van der Waals surface area contributed by atoms with Crippen molar-refractivity contribution < 1.29 is 5.11 Å². The van der Waals surface area contributed by atoms with Gasteiger partial charge in [0, 0.05) is 32.7 Å². The van der Waals surface area contributed by atoms with E-state index in [1.54, 1.807) is 0 Å². The summed E-state index contributed by atoms with van der Waals surface area (Å²) in [7, 11) is 0. The highest BCUT2D eigenvalue weighted by atomic mass is 16.3. The number of aliphatic hydroxyl groups excluding tert-OH is 1. The third-order valence-electron chi connectivity index (χ3n) is 2.53. The average molecular weight is 200 g/mol. The van der Waals surface area contributed by atoms with E-state index in [2.05, 4.69) is 31.0 Å². The van der Waals surface area contributed by atoms with Crippen LogP contribution in [0.15, 0.2) is 0 Å². The lowest BCUT2D eigenvalue weighted by Crippen LogP contribution is -2.46.